The third kappa shape index (κ3) is 6.95. The summed E-state index contributed by atoms with van der Waals surface area (Å²) in [5.74, 6) is 1.13. The number of carbonyl (C=O) groups is 1. The number of carbonyl (C=O) groups excluding carboxylic acids is 1. The summed E-state index contributed by atoms with van der Waals surface area (Å²) >= 11 is 10.3. The Kier molecular flexibility index (Phi) is 7.42. The predicted octanol–water partition coefficient (Wildman–Crippen LogP) is 4.27. The highest BCUT2D eigenvalue weighted by atomic mass is 35.5. The SMILES string of the molecule is C=C(C)CSc1nnc(SCC(=O)NCc2ccc(Cl)cc2)s1. The Morgan fingerprint density at radius 2 is 1.83 bits per heavy atom. The highest BCUT2D eigenvalue weighted by Gasteiger charge is 2.08. The van der Waals surface area contributed by atoms with E-state index in [4.69, 9.17) is 11.6 Å². The first-order valence-corrected chi connectivity index (χ1v) is 9.94. The summed E-state index contributed by atoms with van der Waals surface area (Å²) in [7, 11) is 0. The molecule has 0 bridgehead atoms. The Balaban J connectivity index is 1.71. The third-order valence-corrected chi connectivity index (χ3v) is 6.23. The van der Waals surface area contributed by atoms with Gasteiger partial charge in [-0.25, -0.2) is 0 Å². The number of amides is 1. The van der Waals surface area contributed by atoms with Gasteiger partial charge >= 0.3 is 0 Å². The first-order valence-electron chi connectivity index (χ1n) is 6.77. The molecule has 0 radical (unpaired) electrons. The minimum absolute atomic E-state index is 0.0312. The first-order chi connectivity index (χ1) is 11.0. The molecule has 1 amide bonds. The van der Waals surface area contributed by atoms with E-state index in [1.165, 1.54) is 23.1 Å². The number of hydrogen-bond acceptors (Lipinski definition) is 6. The molecule has 0 aliphatic carbocycles. The number of halogens is 1. The topological polar surface area (TPSA) is 54.9 Å². The van der Waals surface area contributed by atoms with Crippen LogP contribution in [-0.4, -0.2) is 27.6 Å². The Morgan fingerprint density at radius 3 is 2.43 bits per heavy atom. The monoisotopic (exact) mass is 385 g/mol. The molecule has 8 heteroatoms. The lowest BCUT2D eigenvalue weighted by Gasteiger charge is -2.04. The van der Waals surface area contributed by atoms with Crippen LogP contribution in [0.1, 0.15) is 12.5 Å². The van der Waals surface area contributed by atoms with E-state index in [0.717, 1.165) is 25.6 Å². The van der Waals surface area contributed by atoms with Gasteiger partial charge in [-0.05, 0) is 24.6 Å². The summed E-state index contributed by atoms with van der Waals surface area (Å²) in [5, 5.41) is 11.7. The minimum atomic E-state index is -0.0312. The molecule has 23 heavy (non-hydrogen) atoms. The maximum Gasteiger partial charge on any atom is 0.230 e. The van der Waals surface area contributed by atoms with Gasteiger partial charge in [0.2, 0.25) is 5.91 Å². The molecule has 0 fully saturated rings. The van der Waals surface area contributed by atoms with E-state index >= 15 is 0 Å². The lowest BCUT2D eigenvalue weighted by Crippen LogP contribution is -2.24. The number of benzene rings is 1. The summed E-state index contributed by atoms with van der Waals surface area (Å²) in [4.78, 5) is 11.9. The van der Waals surface area contributed by atoms with Crippen molar-refractivity contribution in [2.24, 2.45) is 0 Å². The van der Waals surface area contributed by atoms with Gasteiger partial charge in [0.25, 0.3) is 0 Å². The molecule has 1 aromatic carbocycles. The normalized spacial score (nSPS) is 10.5. The molecule has 0 spiro atoms. The standard InChI is InChI=1S/C15H16ClN3OS3/c1-10(2)8-21-14-18-19-15(23-14)22-9-13(20)17-7-11-3-5-12(16)6-4-11/h3-6H,1,7-9H2,2H3,(H,17,20). The van der Waals surface area contributed by atoms with Gasteiger partial charge in [0.15, 0.2) is 8.68 Å². The molecule has 0 aliphatic rings. The summed E-state index contributed by atoms with van der Waals surface area (Å²) in [6, 6.07) is 7.41. The third-order valence-electron chi connectivity index (χ3n) is 2.56. The van der Waals surface area contributed by atoms with Crippen molar-refractivity contribution in [1.29, 1.82) is 0 Å². The van der Waals surface area contributed by atoms with Crippen LogP contribution < -0.4 is 5.32 Å². The van der Waals surface area contributed by atoms with Crippen molar-refractivity contribution < 1.29 is 4.79 Å². The zero-order chi connectivity index (χ0) is 16.7. The molecule has 0 saturated heterocycles. The van der Waals surface area contributed by atoms with E-state index in [1.807, 2.05) is 31.2 Å². The fourth-order valence-corrected chi connectivity index (χ4v) is 4.30. The van der Waals surface area contributed by atoms with Gasteiger partial charge in [-0.2, -0.15) is 0 Å². The van der Waals surface area contributed by atoms with Gasteiger partial charge in [-0.1, -0.05) is 70.7 Å². The van der Waals surface area contributed by atoms with Gasteiger partial charge in [-0.15, -0.1) is 10.2 Å². The second-order valence-electron chi connectivity index (χ2n) is 4.77. The van der Waals surface area contributed by atoms with Crippen LogP contribution in [0, 0.1) is 0 Å². The maximum atomic E-state index is 11.9. The maximum absolute atomic E-state index is 11.9. The van der Waals surface area contributed by atoms with Crippen molar-refractivity contribution in [3.8, 4) is 0 Å². The fourth-order valence-electron chi connectivity index (χ4n) is 1.48. The average Bonchev–Trinajstić information content (AvgIpc) is 2.98. The van der Waals surface area contributed by atoms with Gasteiger partial charge in [0.05, 0.1) is 5.75 Å². The second-order valence-corrected chi connectivity index (χ2v) is 8.63. The highest BCUT2D eigenvalue weighted by molar-refractivity contribution is 8.03. The summed E-state index contributed by atoms with van der Waals surface area (Å²) in [5.41, 5.74) is 2.11. The van der Waals surface area contributed by atoms with Gasteiger partial charge < -0.3 is 5.32 Å². The smallest absolute Gasteiger partial charge is 0.230 e. The van der Waals surface area contributed by atoms with Crippen LogP contribution in [0.2, 0.25) is 5.02 Å². The van der Waals surface area contributed by atoms with Crippen LogP contribution in [0.25, 0.3) is 0 Å². The lowest BCUT2D eigenvalue weighted by atomic mass is 10.2. The molecular formula is C15H16ClN3OS3. The van der Waals surface area contributed by atoms with E-state index in [9.17, 15) is 4.79 Å². The molecule has 0 unspecified atom stereocenters. The van der Waals surface area contributed by atoms with Crippen LogP contribution in [-0.2, 0) is 11.3 Å². The molecule has 4 nitrogen and oxygen atoms in total. The zero-order valence-electron chi connectivity index (χ0n) is 12.5. The van der Waals surface area contributed by atoms with Crippen molar-refractivity contribution in [3.63, 3.8) is 0 Å². The number of nitrogens with zero attached hydrogens (tertiary/aromatic N) is 2. The van der Waals surface area contributed by atoms with Gasteiger partial charge in [0, 0.05) is 17.3 Å². The average molecular weight is 386 g/mol. The Labute approximate surface area is 153 Å². The number of nitrogens with one attached hydrogen (secondary N) is 1. The number of rotatable bonds is 8. The van der Waals surface area contributed by atoms with Crippen molar-refractivity contribution in [1.82, 2.24) is 15.5 Å². The van der Waals surface area contributed by atoms with Crippen molar-refractivity contribution >= 4 is 52.4 Å². The van der Waals surface area contributed by atoms with E-state index in [2.05, 4.69) is 22.1 Å². The van der Waals surface area contributed by atoms with Crippen LogP contribution in [0.15, 0.2) is 45.1 Å². The molecule has 1 N–H and O–H groups in total. The minimum Gasteiger partial charge on any atom is -0.351 e. The molecule has 2 aromatic rings. The highest BCUT2D eigenvalue weighted by Crippen LogP contribution is 2.29. The number of thioether (sulfide) groups is 2. The van der Waals surface area contributed by atoms with Crippen LogP contribution in [0.5, 0.6) is 0 Å². The molecule has 2 rings (SSSR count). The zero-order valence-corrected chi connectivity index (χ0v) is 15.7. The van der Waals surface area contributed by atoms with Crippen LogP contribution in [0.4, 0.5) is 0 Å². The largest absolute Gasteiger partial charge is 0.351 e. The fraction of sp³-hybridized carbons (Fsp3) is 0.267. The van der Waals surface area contributed by atoms with Crippen molar-refractivity contribution in [2.75, 3.05) is 11.5 Å². The molecule has 0 atom stereocenters. The van der Waals surface area contributed by atoms with Crippen molar-refractivity contribution in [2.45, 2.75) is 22.1 Å². The van der Waals surface area contributed by atoms with Crippen LogP contribution >= 0.6 is 46.5 Å². The quantitative estimate of drug-likeness (QED) is 0.543. The van der Waals surface area contributed by atoms with E-state index in [0.29, 0.717) is 17.3 Å². The molecule has 0 aliphatic heterocycles. The first kappa shape index (κ1) is 18.3. The molecular weight excluding hydrogens is 370 g/mol. The predicted molar refractivity (Wildman–Crippen MR) is 99.5 cm³/mol. The number of aromatic nitrogens is 2. The van der Waals surface area contributed by atoms with E-state index < -0.39 is 0 Å². The molecule has 0 saturated carbocycles. The van der Waals surface area contributed by atoms with Crippen LogP contribution in [0.3, 0.4) is 0 Å². The Bertz CT molecular complexity index is 673. The lowest BCUT2D eigenvalue weighted by molar-refractivity contribution is -0.118. The Hall–Kier alpha value is -1.02. The molecule has 1 aromatic heterocycles. The summed E-state index contributed by atoms with van der Waals surface area (Å²) in [6.45, 7) is 6.33. The summed E-state index contributed by atoms with van der Waals surface area (Å²) in [6.07, 6.45) is 0. The van der Waals surface area contributed by atoms with Crippen molar-refractivity contribution in [3.05, 3.63) is 47.0 Å². The Morgan fingerprint density at radius 1 is 1.22 bits per heavy atom. The van der Waals surface area contributed by atoms with Gasteiger partial charge in [0.1, 0.15) is 0 Å². The second kappa shape index (κ2) is 9.32. The van der Waals surface area contributed by atoms with Gasteiger partial charge in [-0.3, -0.25) is 4.79 Å². The number of hydrogen-bond donors (Lipinski definition) is 1. The molecule has 122 valence electrons. The van der Waals surface area contributed by atoms with E-state index in [1.54, 1.807) is 11.8 Å². The summed E-state index contributed by atoms with van der Waals surface area (Å²) < 4.78 is 1.70. The molecule has 1 heterocycles. The van der Waals surface area contributed by atoms with E-state index in [-0.39, 0.29) is 5.91 Å².